The molecule has 438 valence electrons. The van der Waals surface area contributed by atoms with Crippen LogP contribution in [-0.2, 0) is 23.9 Å². The van der Waals surface area contributed by atoms with Gasteiger partial charge in [0, 0.05) is 56.4 Å². The lowest BCUT2D eigenvalue weighted by Crippen LogP contribution is -2.42. The Morgan fingerprint density at radius 1 is 0.642 bits per heavy atom. The molecule has 0 spiro atoms. The van der Waals surface area contributed by atoms with Crippen LogP contribution in [0.1, 0.15) is 97.8 Å². The molecule has 5 aromatic rings. The number of rotatable bonds is 8. The number of alkyl halides is 4. The summed E-state index contributed by atoms with van der Waals surface area (Å²) in [5, 5.41) is 7.74. The molecule has 5 atom stereocenters. The van der Waals surface area contributed by atoms with E-state index in [4.69, 9.17) is 4.79 Å². The van der Waals surface area contributed by atoms with E-state index in [1.54, 1.807) is 17.6 Å². The first-order valence-electron chi connectivity index (χ1n) is 26.7. The largest absolute Gasteiger partial charge is 0.471 e. The van der Waals surface area contributed by atoms with Crippen LogP contribution < -0.4 is 10.6 Å². The van der Waals surface area contributed by atoms with Gasteiger partial charge in [-0.05, 0) is 110 Å². The molecule has 3 amide bonds. The lowest BCUT2D eigenvalue weighted by atomic mass is 9.97. The predicted molar refractivity (Wildman–Crippen MR) is 315 cm³/mol. The van der Waals surface area contributed by atoms with Crippen LogP contribution in [0.3, 0.4) is 0 Å². The number of aromatic amines is 2. The molecule has 2 aliphatic heterocycles. The molecule has 10 rings (SSSR count). The smallest absolute Gasteiger partial charge is 0.407 e. The van der Waals surface area contributed by atoms with Crippen molar-refractivity contribution in [2.75, 3.05) is 47.4 Å². The zero-order valence-electron chi connectivity index (χ0n) is 47.7. The monoisotopic (exact) mass is 1120 g/mol. The summed E-state index contributed by atoms with van der Waals surface area (Å²) in [5.41, 5.74) is 6.76. The third kappa shape index (κ3) is 24.1. The minimum atomic E-state index is -2.32. The van der Waals surface area contributed by atoms with E-state index in [1.807, 2.05) is 31.3 Å². The summed E-state index contributed by atoms with van der Waals surface area (Å²) in [5.74, 6) is -2.29. The number of carbonyl (C=O) groups is 4. The number of ether oxygens (including phenoxy) is 2. The lowest BCUT2D eigenvalue weighted by molar-refractivity contribution is -0.131. The van der Waals surface area contributed by atoms with Crippen molar-refractivity contribution in [1.82, 2.24) is 40.4 Å². The number of imidazole rings is 2. The molecule has 2 saturated heterocycles. The van der Waals surface area contributed by atoms with Gasteiger partial charge < -0.3 is 39.9 Å². The Balaban J connectivity index is 0.000000514. The number of likely N-dealkylation sites (N-methyl/N-ethyl adjacent to an activating group) is 1. The number of halogens is 4. The van der Waals surface area contributed by atoms with Crippen molar-refractivity contribution in [2.45, 2.75) is 122 Å². The lowest BCUT2D eigenvalue weighted by Gasteiger charge is -2.23. The first-order valence-corrected chi connectivity index (χ1v) is 26.7. The molecular weight excluding hydrogens is 1040 g/mol. The molecule has 3 saturated carbocycles. The van der Waals surface area contributed by atoms with Gasteiger partial charge in [0.1, 0.15) is 6.54 Å². The third-order valence-corrected chi connectivity index (χ3v) is 14.2. The Kier molecular flexibility index (Phi) is 33.7. The highest BCUT2D eigenvalue weighted by molar-refractivity contribution is 5.90. The first kappa shape index (κ1) is 71.0. The molecule has 0 bridgehead atoms. The molecule has 3 unspecified atom stereocenters. The van der Waals surface area contributed by atoms with Crippen molar-refractivity contribution in [3.63, 3.8) is 0 Å². The summed E-state index contributed by atoms with van der Waals surface area (Å²) in [4.78, 5) is 61.2. The second kappa shape index (κ2) is 38.5. The average Bonchev–Trinajstić information content (AvgIpc) is 4.40. The minimum Gasteiger partial charge on any atom is -0.471 e. The molecule has 81 heavy (non-hydrogen) atoms. The van der Waals surface area contributed by atoms with Crippen molar-refractivity contribution in [3.05, 3.63) is 85.7 Å². The van der Waals surface area contributed by atoms with E-state index in [1.165, 1.54) is 42.5 Å². The summed E-state index contributed by atoms with van der Waals surface area (Å²) in [6.45, 7) is 9.07. The number of H-pyrrole nitrogens is 2. The third-order valence-electron chi connectivity index (χ3n) is 14.2. The summed E-state index contributed by atoms with van der Waals surface area (Å²) < 4.78 is 57.1. The topological polar surface area (TPSA) is 175 Å². The zero-order chi connectivity index (χ0) is 61.0. The molecule has 4 N–H and O–H groups in total. The summed E-state index contributed by atoms with van der Waals surface area (Å²) >= 11 is 0. The fourth-order valence-electron chi connectivity index (χ4n) is 9.62. The Hall–Kier alpha value is -8.06. The van der Waals surface area contributed by atoms with Crippen molar-refractivity contribution < 1.29 is 46.2 Å². The van der Waals surface area contributed by atoms with Gasteiger partial charge in [-0.3, -0.25) is 14.4 Å². The van der Waals surface area contributed by atoms with Gasteiger partial charge in [-0.15, -0.1) is 51.4 Å². The van der Waals surface area contributed by atoms with Gasteiger partial charge in [0.15, 0.2) is 0 Å². The first-order chi connectivity index (χ1) is 39.0. The number of fused-ring (bicyclic) bond motifs is 2. The maximum atomic E-state index is 12.2. The van der Waals surface area contributed by atoms with Gasteiger partial charge in [-0.1, -0.05) is 75.2 Å². The number of aromatic nitrogens is 4. The van der Waals surface area contributed by atoms with E-state index >= 15 is 0 Å². The normalized spacial score (nSPS) is 19.7. The Morgan fingerprint density at radius 3 is 1.46 bits per heavy atom. The molecular formula is C63H82F4N8O6. The van der Waals surface area contributed by atoms with Crippen LogP contribution in [0.5, 0.6) is 0 Å². The van der Waals surface area contributed by atoms with Crippen LogP contribution >= 0.6 is 0 Å². The number of alkyl carbamates (subject to hydrolysis) is 1. The highest BCUT2D eigenvalue weighted by Gasteiger charge is 2.55. The predicted octanol–water partition coefficient (Wildman–Crippen LogP) is 11.9. The summed E-state index contributed by atoms with van der Waals surface area (Å²) in [6.07, 6.45) is 46.1. The van der Waals surface area contributed by atoms with E-state index in [9.17, 15) is 31.9 Å². The Labute approximate surface area is 477 Å². The van der Waals surface area contributed by atoms with Gasteiger partial charge in [-0.2, -0.15) is 0 Å². The molecule has 18 heteroatoms. The number of hydrogen-bond acceptors (Lipinski definition) is 9. The second-order valence-electron chi connectivity index (χ2n) is 19.3. The second-order valence-corrected chi connectivity index (χ2v) is 19.3. The van der Waals surface area contributed by atoms with Crippen molar-refractivity contribution in [2.24, 2.45) is 17.8 Å². The molecule has 5 aliphatic rings. The standard InChI is InChI=1S/C22H16N4.C10H18N2O3.C9H16N2O.2C6H10F2.C2H4O2.4C2H2/c1-3-16(21-11-23-13-25-21)4-2-15(1)17-5-6-19-10-20(8-7-18(19)9-17)22-12-24-14-26-22;1-7-4-5-12(8(7)2)9(13)6-11-10(14)15-3;1-6-7-3-4-11(9(6)7)8(12)5-10-2;2*7-6(8)4-2-1-3-5-6;1-4-2-3;4*1-2/h1-14H,(H,23,25)(H,24,26);7-8H,4-6H2,1-3H3,(H,11,14);6-7,9-10H,3-5H2,1-2H3;2*1-5H2;2H,1H3;4*1-2H/t;7?,8-;6-,7?,9?;;;;;;;/m.11......./s1. The zero-order valence-corrected chi connectivity index (χ0v) is 47.7. The number of hydrogen-bond donors (Lipinski definition) is 4. The van der Waals surface area contributed by atoms with Crippen LogP contribution in [0, 0.1) is 69.1 Å². The van der Waals surface area contributed by atoms with Gasteiger partial charge in [0.2, 0.25) is 23.7 Å². The van der Waals surface area contributed by atoms with Crippen LogP contribution in [0.15, 0.2) is 85.7 Å². The summed E-state index contributed by atoms with van der Waals surface area (Å²) in [6, 6.07) is 22.4. The number of likely N-dealkylation sites (tertiary alicyclic amines) is 2. The van der Waals surface area contributed by atoms with Gasteiger partial charge in [0.25, 0.3) is 6.47 Å². The van der Waals surface area contributed by atoms with E-state index in [0.717, 1.165) is 66.7 Å². The molecule has 2 aromatic heterocycles. The van der Waals surface area contributed by atoms with E-state index < -0.39 is 17.9 Å². The number of methoxy groups -OCH3 is 2. The van der Waals surface area contributed by atoms with Crippen LogP contribution in [0.25, 0.3) is 44.4 Å². The number of carbonyl (C=O) groups excluding carboxylic acids is 4. The quantitative estimate of drug-likeness (QED) is 0.0670. The van der Waals surface area contributed by atoms with Gasteiger partial charge in [-0.25, -0.2) is 32.3 Å². The van der Waals surface area contributed by atoms with Crippen LogP contribution in [0.4, 0.5) is 22.4 Å². The molecule has 4 heterocycles. The number of amides is 3. The maximum absolute atomic E-state index is 12.2. The highest BCUT2D eigenvalue weighted by Crippen LogP contribution is 2.50. The molecule has 3 aromatic carbocycles. The highest BCUT2D eigenvalue weighted by atomic mass is 19.3. The van der Waals surface area contributed by atoms with Crippen molar-refractivity contribution in [1.29, 1.82) is 0 Å². The van der Waals surface area contributed by atoms with E-state index in [2.05, 4.69) is 166 Å². The van der Waals surface area contributed by atoms with Crippen molar-refractivity contribution >= 4 is 35.2 Å². The van der Waals surface area contributed by atoms with Crippen LogP contribution in [-0.4, -0.2) is 125 Å². The van der Waals surface area contributed by atoms with Gasteiger partial charge >= 0.3 is 6.09 Å². The minimum absolute atomic E-state index is 0.0176. The van der Waals surface area contributed by atoms with E-state index in [-0.39, 0.29) is 50.1 Å². The fourth-order valence-corrected chi connectivity index (χ4v) is 9.62. The number of piperidine rings is 1. The Bertz CT molecular complexity index is 2590. The maximum Gasteiger partial charge on any atom is 0.407 e. The molecule has 14 nitrogen and oxygen atoms in total. The molecule has 3 aliphatic carbocycles. The average molecular weight is 1120 g/mol. The summed E-state index contributed by atoms with van der Waals surface area (Å²) in [7, 11) is 4.41. The number of terminal acetylenes is 4. The van der Waals surface area contributed by atoms with Crippen molar-refractivity contribution in [3.8, 4) is 85.0 Å². The molecule has 5 fully saturated rings. The number of benzene rings is 3. The van der Waals surface area contributed by atoms with Gasteiger partial charge in [0.05, 0.1) is 57.2 Å². The van der Waals surface area contributed by atoms with E-state index in [0.29, 0.717) is 50.7 Å². The number of nitrogens with one attached hydrogen (secondary N) is 4. The Morgan fingerprint density at radius 2 is 1.07 bits per heavy atom. The SMILES string of the molecule is C#C.C#C.C#C.C#C.CNCC(=O)N1CCC2C1[C@@H]2C.COC(=O)NCC(=O)N1CCC(C)[C@H]1C.COC=O.FC1(F)CCCCC1.FC1(F)CCCCC1.c1ncc(-c2ccc(-c3ccc4cc(-c5cnc[nH]5)ccc4c3)cc2)[nH]1. The fraction of sp³-hybridized carbons (Fsp3) is 0.460. The molecule has 0 radical (unpaired) electrons. The number of nitrogens with zero attached hydrogens (tertiary/aromatic N) is 4. The van der Waals surface area contributed by atoms with Crippen LogP contribution in [0.2, 0.25) is 0 Å².